The number of aryl methyl sites for hydroxylation is 1. The van der Waals surface area contributed by atoms with E-state index in [4.69, 9.17) is 5.73 Å². The molecule has 2 aromatic rings. The van der Waals surface area contributed by atoms with Crippen molar-refractivity contribution in [2.24, 2.45) is 5.73 Å². The van der Waals surface area contributed by atoms with Crippen LogP contribution in [0, 0.1) is 24.4 Å². The fourth-order valence-corrected chi connectivity index (χ4v) is 1.97. The molecular formula is C15H14F3N. The molecule has 100 valence electrons. The number of benzene rings is 2. The normalized spacial score (nSPS) is 14.2. The Morgan fingerprint density at radius 1 is 0.947 bits per heavy atom. The molecule has 0 aliphatic heterocycles. The van der Waals surface area contributed by atoms with E-state index in [-0.39, 0.29) is 5.56 Å². The number of nitrogens with two attached hydrogens (primary N) is 1. The van der Waals surface area contributed by atoms with Crippen molar-refractivity contribution in [3.8, 4) is 0 Å². The number of hydrogen-bond acceptors (Lipinski definition) is 1. The zero-order valence-corrected chi connectivity index (χ0v) is 10.7. The Morgan fingerprint density at radius 2 is 1.63 bits per heavy atom. The molecule has 0 heterocycles. The van der Waals surface area contributed by atoms with Crippen molar-refractivity contribution in [3.05, 3.63) is 70.5 Å². The molecule has 2 rings (SSSR count). The van der Waals surface area contributed by atoms with Crippen molar-refractivity contribution < 1.29 is 13.2 Å². The molecule has 0 aliphatic rings. The summed E-state index contributed by atoms with van der Waals surface area (Å²) in [6.45, 7) is 3.14. The van der Waals surface area contributed by atoms with Crippen LogP contribution in [0.2, 0.25) is 0 Å². The zero-order chi connectivity index (χ0) is 14.2. The summed E-state index contributed by atoms with van der Waals surface area (Å²) in [6, 6.07) is 7.49. The van der Waals surface area contributed by atoms with Crippen LogP contribution in [0.4, 0.5) is 13.2 Å². The maximum atomic E-state index is 13.8. The van der Waals surface area contributed by atoms with Crippen LogP contribution in [-0.2, 0) is 5.54 Å². The average molecular weight is 265 g/mol. The first kappa shape index (κ1) is 13.6. The predicted molar refractivity (Wildman–Crippen MR) is 68.1 cm³/mol. The molecule has 19 heavy (non-hydrogen) atoms. The SMILES string of the molecule is Cc1ccc(C(C)(N)c2cc(F)ccc2F)cc1F. The largest absolute Gasteiger partial charge is 0.318 e. The fraction of sp³-hybridized carbons (Fsp3) is 0.200. The first-order valence-electron chi connectivity index (χ1n) is 5.83. The fourth-order valence-electron chi connectivity index (χ4n) is 1.97. The smallest absolute Gasteiger partial charge is 0.128 e. The first-order valence-corrected chi connectivity index (χ1v) is 5.83. The van der Waals surface area contributed by atoms with Crippen molar-refractivity contribution in [2.75, 3.05) is 0 Å². The third kappa shape index (κ3) is 2.49. The molecule has 0 saturated heterocycles. The van der Waals surface area contributed by atoms with E-state index in [1.165, 1.54) is 13.0 Å². The van der Waals surface area contributed by atoms with Crippen molar-refractivity contribution in [1.82, 2.24) is 0 Å². The lowest BCUT2D eigenvalue weighted by Gasteiger charge is -2.26. The predicted octanol–water partition coefficient (Wildman–Crippen LogP) is 3.63. The Balaban J connectivity index is 2.57. The average Bonchev–Trinajstić information content (AvgIpc) is 2.35. The van der Waals surface area contributed by atoms with Gasteiger partial charge in [0.15, 0.2) is 0 Å². The highest BCUT2D eigenvalue weighted by Gasteiger charge is 2.28. The topological polar surface area (TPSA) is 26.0 Å². The second kappa shape index (κ2) is 4.70. The quantitative estimate of drug-likeness (QED) is 0.881. The van der Waals surface area contributed by atoms with Gasteiger partial charge in [-0.2, -0.15) is 0 Å². The van der Waals surface area contributed by atoms with Crippen molar-refractivity contribution in [2.45, 2.75) is 19.4 Å². The molecule has 0 saturated carbocycles. The van der Waals surface area contributed by atoms with Gasteiger partial charge in [0.2, 0.25) is 0 Å². The molecule has 2 aromatic carbocycles. The monoisotopic (exact) mass is 265 g/mol. The van der Waals surface area contributed by atoms with E-state index in [2.05, 4.69) is 0 Å². The van der Waals surface area contributed by atoms with Gasteiger partial charge in [-0.1, -0.05) is 12.1 Å². The molecule has 0 fully saturated rings. The molecule has 4 heteroatoms. The second-order valence-corrected chi connectivity index (χ2v) is 4.79. The summed E-state index contributed by atoms with van der Waals surface area (Å²) in [4.78, 5) is 0. The molecular weight excluding hydrogens is 251 g/mol. The zero-order valence-electron chi connectivity index (χ0n) is 10.7. The van der Waals surface area contributed by atoms with Gasteiger partial charge >= 0.3 is 0 Å². The minimum atomic E-state index is -1.30. The maximum absolute atomic E-state index is 13.8. The van der Waals surface area contributed by atoms with Gasteiger partial charge in [-0.25, -0.2) is 13.2 Å². The van der Waals surface area contributed by atoms with E-state index in [0.29, 0.717) is 11.1 Å². The van der Waals surface area contributed by atoms with Gasteiger partial charge in [-0.05, 0) is 49.2 Å². The third-order valence-corrected chi connectivity index (χ3v) is 3.26. The van der Waals surface area contributed by atoms with Crippen molar-refractivity contribution >= 4 is 0 Å². The molecule has 0 spiro atoms. The molecule has 0 aromatic heterocycles. The van der Waals surface area contributed by atoms with Crippen LogP contribution in [0.25, 0.3) is 0 Å². The van der Waals surface area contributed by atoms with Crippen LogP contribution in [-0.4, -0.2) is 0 Å². The van der Waals surface area contributed by atoms with Crippen LogP contribution in [0.15, 0.2) is 36.4 Å². The lowest BCUT2D eigenvalue weighted by molar-refractivity contribution is 0.514. The maximum Gasteiger partial charge on any atom is 0.128 e. The first-order chi connectivity index (χ1) is 8.82. The third-order valence-electron chi connectivity index (χ3n) is 3.26. The summed E-state index contributed by atoms with van der Waals surface area (Å²) in [6.07, 6.45) is 0. The molecule has 1 unspecified atom stereocenters. The highest BCUT2D eigenvalue weighted by molar-refractivity contribution is 5.39. The van der Waals surface area contributed by atoms with Crippen LogP contribution in [0.1, 0.15) is 23.6 Å². The Morgan fingerprint density at radius 3 is 2.26 bits per heavy atom. The standard InChI is InChI=1S/C15H14F3N/c1-9-3-4-10(7-14(9)18)15(2,19)12-8-11(16)5-6-13(12)17/h3-8H,19H2,1-2H3. The van der Waals surface area contributed by atoms with Crippen LogP contribution in [0.5, 0.6) is 0 Å². The Bertz CT molecular complexity index is 621. The van der Waals surface area contributed by atoms with Gasteiger partial charge in [0.25, 0.3) is 0 Å². The van der Waals surface area contributed by atoms with E-state index in [9.17, 15) is 13.2 Å². The van der Waals surface area contributed by atoms with Crippen LogP contribution in [0.3, 0.4) is 0 Å². The van der Waals surface area contributed by atoms with Gasteiger partial charge in [-0.3, -0.25) is 0 Å². The number of rotatable bonds is 2. The Labute approximate surface area is 109 Å². The van der Waals surface area contributed by atoms with Crippen molar-refractivity contribution in [3.63, 3.8) is 0 Å². The van der Waals surface area contributed by atoms with Gasteiger partial charge in [0.05, 0.1) is 5.54 Å². The minimum Gasteiger partial charge on any atom is -0.318 e. The summed E-state index contributed by atoms with van der Waals surface area (Å²) in [7, 11) is 0. The van der Waals surface area contributed by atoms with Crippen molar-refractivity contribution in [1.29, 1.82) is 0 Å². The Kier molecular flexibility index (Phi) is 3.37. The molecule has 1 nitrogen and oxygen atoms in total. The van der Waals surface area contributed by atoms with Gasteiger partial charge in [0, 0.05) is 5.56 Å². The molecule has 2 N–H and O–H groups in total. The van der Waals surface area contributed by atoms with E-state index in [1.54, 1.807) is 19.1 Å². The van der Waals surface area contributed by atoms with E-state index in [1.807, 2.05) is 0 Å². The molecule has 0 amide bonds. The van der Waals surface area contributed by atoms with Gasteiger partial charge in [-0.15, -0.1) is 0 Å². The summed E-state index contributed by atoms with van der Waals surface area (Å²) in [5, 5.41) is 0. The van der Waals surface area contributed by atoms with Gasteiger partial charge < -0.3 is 5.73 Å². The van der Waals surface area contributed by atoms with Crippen LogP contribution < -0.4 is 5.73 Å². The molecule has 0 aliphatic carbocycles. The number of hydrogen-bond donors (Lipinski definition) is 1. The van der Waals surface area contributed by atoms with E-state index >= 15 is 0 Å². The van der Waals surface area contributed by atoms with Gasteiger partial charge in [0.1, 0.15) is 17.5 Å². The highest BCUT2D eigenvalue weighted by atomic mass is 19.1. The van der Waals surface area contributed by atoms with E-state index < -0.39 is 23.0 Å². The van der Waals surface area contributed by atoms with Crippen LogP contribution >= 0.6 is 0 Å². The lowest BCUT2D eigenvalue weighted by atomic mass is 9.85. The minimum absolute atomic E-state index is 0.00393. The van der Waals surface area contributed by atoms with E-state index in [0.717, 1.165) is 18.2 Å². The molecule has 0 radical (unpaired) electrons. The highest BCUT2D eigenvalue weighted by Crippen LogP contribution is 2.30. The molecule has 0 bridgehead atoms. The summed E-state index contributed by atoms with van der Waals surface area (Å²) < 4.78 is 40.6. The lowest BCUT2D eigenvalue weighted by Crippen LogP contribution is -2.35. The second-order valence-electron chi connectivity index (χ2n) is 4.79. The summed E-state index contributed by atoms with van der Waals surface area (Å²) >= 11 is 0. The number of halogens is 3. The molecule has 1 atom stereocenters. The summed E-state index contributed by atoms with van der Waals surface area (Å²) in [5.41, 5.74) is 5.63. The summed E-state index contributed by atoms with van der Waals surface area (Å²) in [5.74, 6) is -1.63. The Hall–Kier alpha value is -1.81.